The molecule has 0 N–H and O–H groups in total. The first-order chi connectivity index (χ1) is 29.3. The third-order valence-corrected chi connectivity index (χ3v) is 11.4. The Hall–Kier alpha value is -4.93. The predicted octanol–water partition coefficient (Wildman–Crippen LogP) is 15.0. The van der Waals surface area contributed by atoms with E-state index in [1.807, 2.05) is 36.4 Å². The van der Waals surface area contributed by atoms with Crippen molar-refractivity contribution in [1.29, 1.82) is 0 Å². The van der Waals surface area contributed by atoms with E-state index in [0.717, 1.165) is 48.2 Å². The van der Waals surface area contributed by atoms with Gasteiger partial charge in [0.05, 0.1) is 16.9 Å². The van der Waals surface area contributed by atoms with Crippen molar-refractivity contribution in [2.75, 3.05) is 0 Å². The first kappa shape index (κ1) is 35.1. The summed E-state index contributed by atoms with van der Waals surface area (Å²) in [5, 5.41) is 4.58. The Kier molecular flexibility index (Phi) is 10.1. The molecule has 9 aromatic rings. The Morgan fingerprint density at radius 3 is 2.16 bits per heavy atom. The molecule has 0 amide bonds. The molecule has 0 aliphatic heterocycles. The molecule has 0 saturated heterocycles. The van der Waals surface area contributed by atoms with Gasteiger partial charge in [-0.1, -0.05) is 120 Å². The van der Waals surface area contributed by atoms with Crippen LogP contribution in [0.15, 0.2) is 121 Å². The van der Waals surface area contributed by atoms with Crippen LogP contribution in [0.5, 0.6) is 0 Å². The summed E-state index contributed by atoms with van der Waals surface area (Å²) in [7, 11) is 0. The Bertz CT molecular complexity index is 3070. The molecular weight excluding hydrogens is 903 g/mol. The third kappa shape index (κ3) is 8.18. The minimum atomic E-state index is -2.47. The Labute approximate surface area is 368 Å². The first-order valence-electron chi connectivity index (χ1n) is 22.2. The van der Waals surface area contributed by atoms with Crippen LogP contribution in [0.25, 0.3) is 70.3 Å². The summed E-state index contributed by atoms with van der Waals surface area (Å²) in [5.74, 6) is 1.79. The Morgan fingerprint density at radius 1 is 0.793 bits per heavy atom. The molecule has 0 unspecified atom stereocenters. The molecule has 0 saturated carbocycles. The molecule has 6 aromatic carbocycles. The average Bonchev–Trinajstić information content (AvgIpc) is 3.80. The van der Waals surface area contributed by atoms with E-state index in [-0.39, 0.29) is 31.2 Å². The second-order valence-electron chi connectivity index (χ2n) is 16.5. The van der Waals surface area contributed by atoms with Gasteiger partial charge in [0.15, 0.2) is 0 Å². The van der Waals surface area contributed by atoms with Crippen LogP contribution in [0.1, 0.15) is 95.0 Å². The van der Waals surface area contributed by atoms with Crippen molar-refractivity contribution in [2.45, 2.75) is 80.5 Å². The number of hydrogen-bond acceptors (Lipinski definition) is 3. The number of hydrogen-bond donors (Lipinski definition) is 0. The van der Waals surface area contributed by atoms with Crippen molar-refractivity contribution < 1.29 is 27.0 Å². The monoisotopic (exact) mass is 959 g/mol. The smallest absolute Gasteiger partial charge is 0.0774 e. The fraction of sp³-hybridized carbons (Fsp3) is 0.245. The predicted molar refractivity (Wildman–Crippen MR) is 245 cm³/mol. The number of para-hydroxylation sites is 2. The number of imidazole rings is 1. The topological polar surface area (TPSA) is 30.7 Å². The molecule has 295 valence electrons. The second kappa shape index (κ2) is 16.7. The number of fused-ring (bicyclic) bond motifs is 5. The summed E-state index contributed by atoms with van der Waals surface area (Å²) < 4.78 is 46.0. The van der Waals surface area contributed by atoms with Crippen molar-refractivity contribution in [2.24, 2.45) is 5.41 Å². The Morgan fingerprint density at radius 2 is 1.48 bits per heavy atom. The maximum atomic E-state index is 8.81. The van der Waals surface area contributed by atoms with E-state index in [9.17, 15) is 0 Å². The van der Waals surface area contributed by atoms with E-state index in [2.05, 4.69) is 129 Å². The number of aryl methyl sites for hydroxylation is 2. The molecule has 0 fully saturated rings. The summed E-state index contributed by atoms with van der Waals surface area (Å²) in [6.45, 7) is 14.2. The van der Waals surface area contributed by atoms with E-state index in [1.165, 1.54) is 39.3 Å². The fourth-order valence-corrected chi connectivity index (χ4v) is 8.89. The van der Waals surface area contributed by atoms with E-state index in [0.29, 0.717) is 17.5 Å². The van der Waals surface area contributed by atoms with Crippen LogP contribution in [0.2, 0.25) is 0 Å². The van der Waals surface area contributed by atoms with Gasteiger partial charge in [-0.3, -0.25) is 4.98 Å². The SMILES string of the molecule is Cc1cc(C(C)C)c(-n2c(-c3[c-]cccc3)nc3ccccc32)c(C(C)C)c1.[2H]C([2H])([2H])c1cnc(-c2[c-]ccc3c2sc2cc4ccccc4cc23)cc1C([2H])([2H])C(C)(C)C.[Ir]. The quantitative estimate of drug-likeness (QED) is 0.156. The van der Waals surface area contributed by atoms with Gasteiger partial charge in [-0.05, 0) is 105 Å². The van der Waals surface area contributed by atoms with Crippen LogP contribution >= 0.6 is 11.3 Å². The molecule has 0 spiro atoms. The van der Waals surface area contributed by atoms with Gasteiger partial charge in [-0.2, -0.15) is 11.3 Å². The standard InChI is InChI=1S/C27H24NS.C26H27N2.Ir/c1-17-16-28-24(13-20(17)15-27(2,3)4)22-11-7-10-21-23-12-18-8-5-6-9-19(18)14-25(23)29-26(21)22;1-17(2)21-15-19(5)16-22(18(3)4)25(21)28-24-14-10-9-13-23(24)27-26(28)20-11-7-6-8-12-20;/h5-10,12-14,16H,15H2,1-4H3;6-11,13-18H,1-5H3;/q2*-1;/i1D3,15D2;;. The molecule has 1 radical (unpaired) electrons. The fourth-order valence-electron chi connectivity index (χ4n) is 7.66. The zero-order chi connectivity index (χ0) is 44.3. The van der Waals surface area contributed by atoms with Crippen molar-refractivity contribution >= 4 is 53.3 Å². The maximum Gasteiger partial charge on any atom is 0.0774 e. The summed E-state index contributed by atoms with van der Waals surface area (Å²) in [6.07, 6.45) is -0.560. The van der Waals surface area contributed by atoms with Crippen LogP contribution < -0.4 is 0 Å². The molecule has 0 bridgehead atoms. The summed E-state index contributed by atoms with van der Waals surface area (Å²) in [5.41, 5.74) is 9.07. The molecule has 5 heteroatoms. The van der Waals surface area contributed by atoms with Gasteiger partial charge < -0.3 is 9.55 Å². The molecule has 9 rings (SSSR count). The van der Waals surface area contributed by atoms with Crippen molar-refractivity contribution in [3.05, 3.63) is 161 Å². The van der Waals surface area contributed by atoms with E-state index in [4.69, 9.17) is 11.8 Å². The molecular formula is C53H51IrN3S-2. The summed E-state index contributed by atoms with van der Waals surface area (Å²) >= 11 is 1.65. The normalized spacial score (nSPS) is 13.5. The second-order valence-corrected chi connectivity index (χ2v) is 17.6. The van der Waals surface area contributed by atoms with Crippen molar-refractivity contribution in [3.8, 4) is 28.3 Å². The molecule has 0 aliphatic carbocycles. The molecule has 3 heterocycles. The van der Waals surface area contributed by atoms with Gasteiger partial charge in [-0.25, -0.2) is 0 Å². The van der Waals surface area contributed by atoms with E-state index in [1.54, 1.807) is 38.2 Å². The van der Waals surface area contributed by atoms with Crippen LogP contribution in [0.3, 0.4) is 0 Å². The number of benzene rings is 6. The van der Waals surface area contributed by atoms with Gasteiger partial charge in [0.1, 0.15) is 0 Å². The molecule has 58 heavy (non-hydrogen) atoms. The summed E-state index contributed by atoms with van der Waals surface area (Å²) in [6, 6.07) is 46.0. The van der Waals surface area contributed by atoms with Crippen LogP contribution in [-0.2, 0) is 26.5 Å². The first-order valence-corrected chi connectivity index (χ1v) is 20.5. The maximum absolute atomic E-state index is 8.81. The van der Waals surface area contributed by atoms with Gasteiger partial charge >= 0.3 is 0 Å². The number of pyridine rings is 1. The number of aromatic nitrogens is 3. The van der Waals surface area contributed by atoms with Gasteiger partial charge in [0.2, 0.25) is 0 Å². The molecule has 3 nitrogen and oxygen atoms in total. The Balaban J connectivity index is 0.000000189. The average molecular weight is 959 g/mol. The molecule has 0 aliphatic rings. The van der Waals surface area contributed by atoms with Crippen molar-refractivity contribution in [1.82, 2.24) is 14.5 Å². The zero-order valence-electron chi connectivity index (χ0n) is 39.3. The molecule has 0 atom stereocenters. The third-order valence-electron chi connectivity index (χ3n) is 10.3. The zero-order valence-corrected chi connectivity index (χ0v) is 37.5. The number of rotatable bonds is 6. The number of nitrogens with zero attached hydrogens (tertiary/aromatic N) is 3. The van der Waals surface area contributed by atoms with Crippen LogP contribution in [-0.4, -0.2) is 14.5 Å². The van der Waals surface area contributed by atoms with Gasteiger partial charge in [0, 0.05) is 43.5 Å². The van der Waals surface area contributed by atoms with Gasteiger partial charge in [0.25, 0.3) is 0 Å². The minimum absolute atomic E-state index is 0. The largest absolute Gasteiger partial charge is 0.333 e. The van der Waals surface area contributed by atoms with Crippen LogP contribution in [0.4, 0.5) is 0 Å². The van der Waals surface area contributed by atoms with E-state index >= 15 is 0 Å². The van der Waals surface area contributed by atoms with Gasteiger partial charge in [-0.15, -0.1) is 59.7 Å². The van der Waals surface area contributed by atoms with E-state index < -0.39 is 18.6 Å². The summed E-state index contributed by atoms with van der Waals surface area (Å²) in [4.78, 5) is 9.51. The number of thiophene rings is 1. The molecule has 3 aromatic heterocycles. The van der Waals surface area contributed by atoms with Crippen molar-refractivity contribution in [3.63, 3.8) is 0 Å². The minimum Gasteiger partial charge on any atom is -0.333 e. The van der Waals surface area contributed by atoms with Crippen LogP contribution in [0, 0.1) is 31.3 Å².